The second kappa shape index (κ2) is 3.61. The van der Waals surface area contributed by atoms with E-state index in [-0.39, 0.29) is 0 Å². The van der Waals surface area contributed by atoms with Crippen molar-refractivity contribution in [3.8, 4) is 0 Å². The Morgan fingerprint density at radius 3 is 2.93 bits per heavy atom. The maximum atomic E-state index is 5.85. The Kier molecular flexibility index (Phi) is 2.46. The lowest BCUT2D eigenvalue weighted by molar-refractivity contribution is 0.751. The Hall–Kier alpha value is -1.03. The number of hydrogen-bond acceptors (Lipinski definition) is 3. The molecule has 0 bridgehead atoms. The van der Waals surface area contributed by atoms with Crippen LogP contribution in [0.2, 0.25) is 0 Å². The average molecular weight is 194 g/mol. The van der Waals surface area contributed by atoms with Crippen molar-refractivity contribution in [1.29, 1.82) is 0 Å². The molecule has 0 saturated carbocycles. The van der Waals surface area contributed by atoms with Crippen LogP contribution in [0, 0.1) is 0 Å². The molecular weight excluding hydrogens is 176 g/mol. The summed E-state index contributed by atoms with van der Waals surface area (Å²) in [4.78, 5) is 2.24. The van der Waals surface area contributed by atoms with E-state index in [0.29, 0.717) is 12.0 Å². The van der Waals surface area contributed by atoms with Crippen LogP contribution in [0.4, 0.5) is 5.82 Å². The normalized spacial score (nSPS) is 22.3. The smallest absolute Gasteiger partial charge is 0.150 e. The van der Waals surface area contributed by atoms with Crippen molar-refractivity contribution in [2.45, 2.75) is 32.2 Å². The molecule has 0 aromatic carbocycles. The third kappa shape index (κ3) is 1.75. The monoisotopic (exact) mass is 194 g/mol. The molecule has 2 heterocycles. The van der Waals surface area contributed by atoms with Gasteiger partial charge in [0.1, 0.15) is 0 Å². The van der Waals surface area contributed by atoms with Crippen LogP contribution >= 0.6 is 0 Å². The van der Waals surface area contributed by atoms with E-state index in [4.69, 9.17) is 5.73 Å². The van der Waals surface area contributed by atoms with Gasteiger partial charge in [-0.15, -0.1) is 0 Å². The van der Waals surface area contributed by atoms with Gasteiger partial charge in [0.15, 0.2) is 5.82 Å². The lowest BCUT2D eigenvalue weighted by Gasteiger charge is -2.13. The third-order valence-electron chi connectivity index (χ3n) is 2.75. The maximum absolute atomic E-state index is 5.85. The molecular formula is C10H18N4. The summed E-state index contributed by atoms with van der Waals surface area (Å²) in [6.07, 6.45) is 1.07. The number of hydrogen-bond donors (Lipinski definition) is 2. The summed E-state index contributed by atoms with van der Waals surface area (Å²) in [6.45, 7) is 6.28. The number of aromatic nitrogens is 2. The number of H-pyrrole nitrogens is 1. The average Bonchev–Trinajstić information content (AvgIpc) is 2.70. The number of rotatable bonds is 2. The summed E-state index contributed by atoms with van der Waals surface area (Å²) in [6, 6.07) is 2.44. The predicted octanol–water partition coefficient (Wildman–Crippen LogP) is 1.07. The van der Waals surface area contributed by atoms with Gasteiger partial charge in [0.25, 0.3) is 0 Å². The maximum Gasteiger partial charge on any atom is 0.150 e. The second-order valence-corrected chi connectivity index (χ2v) is 4.33. The summed E-state index contributed by atoms with van der Waals surface area (Å²) >= 11 is 0. The van der Waals surface area contributed by atoms with Crippen LogP contribution in [0.25, 0.3) is 0 Å². The highest BCUT2D eigenvalue weighted by atomic mass is 15.3. The van der Waals surface area contributed by atoms with Crippen molar-refractivity contribution in [3.63, 3.8) is 0 Å². The van der Waals surface area contributed by atoms with Gasteiger partial charge in [-0.25, -0.2) is 0 Å². The van der Waals surface area contributed by atoms with Gasteiger partial charge in [0.05, 0.1) is 0 Å². The lowest BCUT2D eigenvalue weighted by atomic mass is 10.1. The molecule has 1 aliphatic rings. The molecule has 1 aromatic heterocycles. The van der Waals surface area contributed by atoms with Crippen LogP contribution in [-0.2, 0) is 0 Å². The van der Waals surface area contributed by atoms with Crippen molar-refractivity contribution >= 4 is 5.82 Å². The Morgan fingerprint density at radius 2 is 2.43 bits per heavy atom. The van der Waals surface area contributed by atoms with Crippen molar-refractivity contribution in [2.75, 3.05) is 18.0 Å². The topological polar surface area (TPSA) is 57.9 Å². The number of nitrogens with one attached hydrogen (secondary N) is 1. The molecule has 1 aromatic rings. The molecule has 0 aliphatic carbocycles. The first-order chi connectivity index (χ1) is 6.66. The number of nitrogens with zero attached hydrogens (tertiary/aromatic N) is 2. The molecule has 1 fully saturated rings. The molecule has 1 saturated heterocycles. The van der Waals surface area contributed by atoms with E-state index in [1.54, 1.807) is 0 Å². The molecule has 78 valence electrons. The van der Waals surface area contributed by atoms with Gasteiger partial charge in [0, 0.05) is 30.9 Å². The first-order valence-corrected chi connectivity index (χ1v) is 5.22. The fourth-order valence-electron chi connectivity index (χ4n) is 1.78. The number of nitrogens with two attached hydrogens (primary N) is 1. The minimum absolute atomic E-state index is 0.314. The van der Waals surface area contributed by atoms with Crippen molar-refractivity contribution in [1.82, 2.24) is 10.2 Å². The van der Waals surface area contributed by atoms with E-state index >= 15 is 0 Å². The Balaban J connectivity index is 2.09. The zero-order valence-electron chi connectivity index (χ0n) is 8.83. The van der Waals surface area contributed by atoms with Gasteiger partial charge in [-0.2, -0.15) is 5.10 Å². The first kappa shape index (κ1) is 9.52. The minimum Gasteiger partial charge on any atom is -0.354 e. The fraction of sp³-hybridized carbons (Fsp3) is 0.700. The van der Waals surface area contributed by atoms with Crippen molar-refractivity contribution < 1.29 is 0 Å². The minimum atomic E-state index is 0.314. The summed E-state index contributed by atoms with van der Waals surface area (Å²) in [5.74, 6) is 1.55. The SMILES string of the molecule is CC(C)c1cc(N2CCC(N)C2)n[nH]1. The standard InChI is InChI=1S/C10H18N4/c1-7(2)9-5-10(13-12-9)14-4-3-8(11)6-14/h5,7-8H,3-4,6,11H2,1-2H3,(H,12,13). The highest BCUT2D eigenvalue weighted by Crippen LogP contribution is 2.21. The molecule has 1 unspecified atom stereocenters. The van der Waals surface area contributed by atoms with E-state index in [9.17, 15) is 0 Å². The summed E-state index contributed by atoms with van der Waals surface area (Å²) in [5, 5.41) is 7.36. The lowest BCUT2D eigenvalue weighted by Crippen LogP contribution is -2.26. The molecule has 14 heavy (non-hydrogen) atoms. The molecule has 1 aliphatic heterocycles. The van der Waals surface area contributed by atoms with Crippen LogP contribution < -0.4 is 10.6 Å². The zero-order chi connectivity index (χ0) is 10.1. The number of anilines is 1. The fourth-order valence-corrected chi connectivity index (χ4v) is 1.78. The van der Waals surface area contributed by atoms with Crippen LogP contribution in [0.5, 0.6) is 0 Å². The van der Waals surface area contributed by atoms with Gasteiger partial charge < -0.3 is 10.6 Å². The van der Waals surface area contributed by atoms with E-state index in [2.05, 4.69) is 35.0 Å². The van der Waals surface area contributed by atoms with Crippen molar-refractivity contribution in [3.05, 3.63) is 11.8 Å². The van der Waals surface area contributed by atoms with Gasteiger partial charge in [-0.05, 0) is 12.3 Å². The quantitative estimate of drug-likeness (QED) is 0.740. The molecule has 4 heteroatoms. The third-order valence-corrected chi connectivity index (χ3v) is 2.75. The molecule has 4 nitrogen and oxygen atoms in total. The van der Waals surface area contributed by atoms with E-state index in [0.717, 1.165) is 25.3 Å². The zero-order valence-corrected chi connectivity index (χ0v) is 8.83. The Bertz CT molecular complexity index is 305. The highest BCUT2D eigenvalue weighted by Gasteiger charge is 2.21. The van der Waals surface area contributed by atoms with Crippen molar-refractivity contribution in [2.24, 2.45) is 5.73 Å². The van der Waals surface area contributed by atoms with Gasteiger partial charge in [0.2, 0.25) is 0 Å². The summed E-state index contributed by atoms with van der Waals surface area (Å²) in [7, 11) is 0. The Labute approximate surface area is 84.5 Å². The van der Waals surface area contributed by atoms with Crippen LogP contribution in [-0.4, -0.2) is 29.3 Å². The van der Waals surface area contributed by atoms with Gasteiger partial charge >= 0.3 is 0 Å². The number of aromatic amines is 1. The predicted molar refractivity (Wildman–Crippen MR) is 57.5 cm³/mol. The highest BCUT2D eigenvalue weighted by molar-refractivity contribution is 5.41. The van der Waals surface area contributed by atoms with Crippen LogP contribution in [0.15, 0.2) is 6.07 Å². The summed E-state index contributed by atoms with van der Waals surface area (Å²) in [5.41, 5.74) is 7.04. The molecule has 0 radical (unpaired) electrons. The van der Waals surface area contributed by atoms with E-state index in [1.165, 1.54) is 5.69 Å². The van der Waals surface area contributed by atoms with E-state index in [1.807, 2.05) is 0 Å². The first-order valence-electron chi connectivity index (χ1n) is 5.22. The molecule has 2 rings (SSSR count). The summed E-state index contributed by atoms with van der Waals surface area (Å²) < 4.78 is 0. The van der Waals surface area contributed by atoms with E-state index < -0.39 is 0 Å². The van der Waals surface area contributed by atoms with Gasteiger partial charge in [-0.1, -0.05) is 13.8 Å². The van der Waals surface area contributed by atoms with Crippen LogP contribution in [0.3, 0.4) is 0 Å². The van der Waals surface area contributed by atoms with Gasteiger partial charge in [-0.3, -0.25) is 5.10 Å². The largest absolute Gasteiger partial charge is 0.354 e. The molecule has 0 amide bonds. The van der Waals surface area contributed by atoms with Crippen LogP contribution in [0.1, 0.15) is 31.9 Å². The molecule has 3 N–H and O–H groups in total. The molecule has 1 atom stereocenters. The molecule has 0 spiro atoms. The Morgan fingerprint density at radius 1 is 1.64 bits per heavy atom. The second-order valence-electron chi connectivity index (χ2n) is 4.33.